The maximum atomic E-state index is 12.6. The molecule has 2 heterocycles. The number of nitro groups is 1. The molecule has 2 aromatic carbocycles. The highest BCUT2D eigenvalue weighted by atomic mass is 32.2. The molecule has 34 heavy (non-hydrogen) atoms. The summed E-state index contributed by atoms with van der Waals surface area (Å²) in [5.41, 5.74) is 0.141. The zero-order valence-electron chi connectivity index (χ0n) is 18.4. The molecule has 2 aliphatic rings. The molecule has 0 aromatic heterocycles. The Morgan fingerprint density at radius 3 is 2.18 bits per heavy atom. The number of non-ortho nitro benzene ring substituents is 1. The molecule has 0 aliphatic carbocycles. The molecule has 182 valence electrons. The number of nitrogens with zero attached hydrogens (tertiary/aromatic N) is 1. The molecule has 11 nitrogen and oxygen atoms in total. The van der Waals surface area contributed by atoms with Crippen LogP contribution in [-0.4, -0.2) is 62.7 Å². The summed E-state index contributed by atoms with van der Waals surface area (Å²) in [6.45, 7) is 2.91. The zero-order valence-corrected chi connectivity index (χ0v) is 19.2. The van der Waals surface area contributed by atoms with E-state index in [1.807, 2.05) is 0 Å². The van der Waals surface area contributed by atoms with Gasteiger partial charge in [0.2, 0.25) is 0 Å². The first-order chi connectivity index (χ1) is 16.1. The van der Waals surface area contributed by atoms with E-state index >= 15 is 0 Å². The zero-order chi connectivity index (χ0) is 24.5. The van der Waals surface area contributed by atoms with Gasteiger partial charge in [0.1, 0.15) is 31.0 Å². The van der Waals surface area contributed by atoms with Gasteiger partial charge in [-0.3, -0.25) is 14.3 Å². The van der Waals surface area contributed by atoms with Crippen LogP contribution in [0.2, 0.25) is 0 Å². The number of hydrogen-bond donors (Lipinski definition) is 0. The van der Waals surface area contributed by atoms with Crippen molar-refractivity contribution in [3.63, 3.8) is 0 Å². The van der Waals surface area contributed by atoms with Gasteiger partial charge >= 0.3 is 5.97 Å². The van der Waals surface area contributed by atoms with E-state index < -0.39 is 51.2 Å². The van der Waals surface area contributed by atoms with E-state index in [0.717, 1.165) is 24.3 Å². The number of benzene rings is 2. The monoisotopic (exact) mass is 493 g/mol. The van der Waals surface area contributed by atoms with Crippen molar-refractivity contribution in [2.45, 2.75) is 48.9 Å². The summed E-state index contributed by atoms with van der Waals surface area (Å²) >= 11 is 0. The summed E-state index contributed by atoms with van der Waals surface area (Å²) in [6, 6.07) is 12.8. The minimum atomic E-state index is -4.21. The highest BCUT2D eigenvalue weighted by Gasteiger charge is 2.55. The van der Waals surface area contributed by atoms with Crippen molar-refractivity contribution in [3.8, 4) is 0 Å². The van der Waals surface area contributed by atoms with Crippen LogP contribution in [0.15, 0.2) is 59.5 Å². The fourth-order valence-electron chi connectivity index (χ4n) is 3.81. The van der Waals surface area contributed by atoms with Gasteiger partial charge in [-0.1, -0.05) is 18.2 Å². The van der Waals surface area contributed by atoms with E-state index in [4.69, 9.17) is 23.1 Å². The summed E-state index contributed by atoms with van der Waals surface area (Å²) in [5, 5.41) is 10.8. The van der Waals surface area contributed by atoms with Crippen LogP contribution in [-0.2, 0) is 33.2 Å². The van der Waals surface area contributed by atoms with Crippen LogP contribution in [0.25, 0.3) is 0 Å². The fourth-order valence-corrected chi connectivity index (χ4v) is 4.73. The lowest BCUT2D eigenvalue weighted by Gasteiger charge is -2.24. The largest absolute Gasteiger partial charge is 0.459 e. The second-order valence-corrected chi connectivity index (χ2v) is 9.85. The summed E-state index contributed by atoms with van der Waals surface area (Å²) in [7, 11) is -4.21. The first-order valence-electron chi connectivity index (χ1n) is 10.4. The molecule has 12 heteroatoms. The van der Waals surface area contributed by atoms with Gasteiger partial charge in [0.15, 0.2) is 5.79 Å². The Hall–Kier alpha value is -2.90. The Morgan fingerprint density at radius 1 is 1.00 bits per heavy atom. The smallest absolute Gasteiger partial charge is 0.338 e. The maximum absolute atomic E-state index is 12.6. The quantitative estimate of drug-likeness (QED) is 0.233. The van der Waals surface area contributed by atoms with Crippen LogP contribution < -0.4 is 0 Å². The van der Waals surface area contributed by atoms with E-state index in [1.165, 1.54) is 0 Å². The van der Waals surface area contributed by atoms with Gasteiger partial charge in [0.05, 0.1) is 22.0 Å². The van der Waals surface area contributed by atoms with Crippen LogP contribution in [0.1, 0.15) is 24.2 Å². The Kier molecular flexibility index (Phi) is 6.69. The van der Waals surface area contributed by atoms with Gasteiger partial charge in [-0.2, -0.15) is 8.42 Å². The number of fused-ring (bicyclic) bond motifs is 1. The highest BCUT2D eigenvalue weighted by Crippen LogP contribution is 2.39. The molecule has 0 N–H and O–H groups in total. The predicted octanol–water partition coefficient (Wildman–Crippen LogP) is 2.44. The third kappa shape index (κ3) is 5.26. The number of esters is 1. The van der Waals surface area contributed by atoms with Crippen molar-refractivity contribution < 1.29 is 41.3 Å². The highest BCUT2D eigenvalue weighted by molar-refractivity contribution is 7.86. The average molecular weight is 493 g/mol. The molecule has 2 fully saturated rings. The standard InChI is InChI=1S/C22H23NO10S/c1-22(2)32-19-17(12-29-21(24)14-6-4-3-5-7-14)31-18(20(19)33-22)13-30-34(27,28)16-10-8-15(9-11-16)23(25)26/h3-11,17-20H,12-13H2,1-2H3. The van der Waals surface area contributed by atoms with Gasteiger partial charge in [-0.25, -0.2) is 4.79 Å². The van der Waals surface area contributed by atoms with E-state index in [1.54, 1.807) is 44.2 Å². The van der Waals surface area contributed by atoms with Crippen molar-refractivity contribution in [2.75, 3.05) is 13.2 Å². The number of hydrogen-bond acceptors (Lipinski definition) is 10. The van der Waals surface area contributed by atoms with Gasteiger partial charge in [0, 0.05) is 12.1 Å². The van der Waals surface area contributed by atoms with Crippen LogP contribution in [0.4, 0.5) is 5.69 Å². The SMILES string of the molecule is CC1(C)OC2C(COC(=O)c3ccccc3)OC(COS(=O)(=O)c3ccc([N+](=O)[O-])cc3)C2O1. The molecule has 4 atom stereocenters. The molecule has 2 aliphatic heterocycles. The minimum absolute atomic E-state index is 0.125. The predicted molar refractivity (Wildman–Crippen MR) is 115 cm³/mol. The number of carbonyl (C=O) groups excluding carboxylic acids is 1. The van der Waals surface area contributed by atoms with Crippen molar-refractivity contribution in [1.29, 1.82) is 0 Å². The van der Waals surface area contributed by atoms with E-state index in [-0.39, 0.29) is 23.8 Å². The van der Waals surface area contributed by atoms with Crippen molar-refractivity contribution >= 4 is 21.8 Å². The Bertz CT molecular complexity index is 1150. The first kappa shape index (κ1) is 24.2. The van der Waals surface area contributed by atoms with Crippen molar-refractivity contribution in [1.82, 2.24) is 0 Å². The van der Waals surface area contributed by atoms with E-state index in [2.05, 4.69) is 0 Å². The maximum Gasteiger partial charge on any atom is 0.338 e. The lowest BCUT2D eigenvalue weighted by molar-refractivity contribution is -0.384. The minimum Gasteiger partial charge on any atom is -0.459 e. The normalized spacial score (nSPS) is 25.6. The average Bonchev–Trinajstić information content (AvgIpc) is 3.29. The molecule has 4 unspecified atom stereocenters. The van der Waals surface area contributed by atoms with Gasteiger partial charge in [-0.05, 0) is 38.1 Å². The summed E-state index contributed by atoms with van der Waals surface area (Å²) < 4.78 is 53.3. The van der Waals surface area contributed by atoms with Gasteiger partial charge < -0.3 is 18.9 Å². The molecule has 0 bridgehead atoms. The molecular formula is C22H23NO10S. The van der Waals surface area contributed by atoms with Gasteiger partial charge in [0.25, 0.3) is 15.8 Å². The number of nitro benzene ring substituents is 1. The number of ether oxygens (including phenoxy) is 4. The fraction of sp³-hybridized carbons (Fsp3) is 0.409. The number of rotatable bonds is 8. The molecular weight excluding hydrogens is 470 g/mol. The number of carbonyl (C=O) groups is 1. The van der Waals surface area contributed by atoms with E-state index in [9.17, 15) is 23.3 Å². The van der Waals surface area contributed by atoms with Crippen LogP contribution in [0.5, 0.6) is 0 Å². The molecule has 0 saturated carbocycles. The Labute approximate surface area is 195 Å². The lowest BCUT2D eigenvalue weighted by Crippen LogP contribution is -2.33. The van der Waals surface area contributed by atoms with Crippen LogP contribution in [0.3, 0.4) is 0 Å². The lowest BCUT2D eigenvalue weighted by atomic mass is 10.1. The Morgan fingerprint density at radius 2 is 1.59 bits per heavy atom. The summed E-state index contributed by atoms with van der Waals surface area (Å²) in [5.74, 6) is -1.48. The first-order valence-corrected chi connectivity index (χ1v) is 11.8. The second kappa shape index (κ2) is 9.39. The molecule has 0 radical (unpaired) electrons. The molecule has 2 saturated heterocycles. The summed E-state index contributed by atoms with van der Waals surface area (Å²) in [6.07, 6.45) is -2.77. The van der Waals surface area contributed by atoms with Gasteiger partial charge in [-0.15, -0.1) is 0 Å². The molecule has 0 spiro atoms. The Balaban J connectivity index is 1.41. The topological polar surface area (TPSA) is 140 Å². The second-order valence-electron chi connectivity index (χ2n) is 8.23. The third-order valence-electron chi connectivity index (χ3n) is 5.36. The third-order valence-corrected chi connectivity index (χ3v) is 6.65. The van der Waals surface area contributed by atoms with Crippen molar-refractivity contribution in [3.05, 3.63) is 70.3 Å². The van der Waals surface area contributed by atoms with Crippen molar-refractivity contribution in [2.24, 2.45) is 0 Å². The molecule has 2 aromatic rings. The molecule has 4 rings (SSSR count). The van der Waals surface area contributed by atoms with Crippen LogP contribution in [0, 0.1) is 10.1 Å². The molecule has 0 amide bonds. The van der Waals surface area contributed by atoms with E-state index in [0.29, 0.717) is 5.56 Å². The summed E-state index contributed by atoms with van der Waals surface area (Å²) in [4.78, 5) is 22.2. The van der Waals surface area contributed by atoms with Crippen LogP contribution >= 0.6 is 0 Å².